The number of amides is 1. The minimum atomic E-state index is -0.330. The lowest BCUT2D eigenvalue weighted by Crippen LogP contribution is -2.10. The highest BCUT2D eigenvalue weighted by Gasteiger charge is 1.99. The molecule has 1 amide bonds. The first kappa shape index (κ1) is 9.14. The summed E-state index contributed by atoms with van der Waals surface area (Å²) < 4.78 is 0. The largest absolute Gasteiger partial charge is 0.370 e. The van der Waals surface area contributed by atoms with E-state index in [4.69, 9.17) is 5.73 Å². The van der Waals surface area contributed by atoms with E-state index in [-0.39, 0.29) is 11.7 Å². The Morgan fingerprint density at radius 1 is 1.30 bits per heavy atom. The number of Topliss-reactive ketones (excluding diaryl/α,β-unsaturated/α-hetero) is 1. The Hall–Kier alpha value is -0.860. The van der Waals surface area contributed by atoms with E-state index in [9.17, 15) is 9.59 Å². The van der Waals surface area contributed by atoms with E-state index in [0.29, 0.717) is 25.7 Å². The second kappa shape index (κ2) is 4.97. The Labute approximate surface area is 60.6 Å². The van der Waals surface area contributed by atoms with Crippen LogP contribution in [0.5, 0.6) is 0 Å². The highest BCUT2D eigenvalue weighted by Crippen LogP contribution is 1.97. The second-order valence-corrected chi connectivity index (χ2v) is 2.21. The van der Waals surface area contributed by atoms with Crippen LogP contribution in [0.4, 0.5) is 0 Å². The monoisotopic (exact) mass is 143 g/mol. The quantitative estimate of drug-likeness (QED) is 0.613. The molecule has 0 aromatic rings. The zero-order chi connectivity index (χ0) is 7.98. The van der Waals surface area contributed by atoms with Crippen molar-refractivity contribution >= 4 is 11.7 Å². The van der Waals surface area contributed by atoms with Crippen LogP contribution in [0.1, 0.15) is 32.6 Å². The lowest BCUT2D eigenvalue weighted by Gasteiger charge is -1.93. The molecule has 58 valence electrons. The van der Waals surface area contributed by atoms with E-state index in [1.54, 1.807) is 0 Å². The Balaban J connectivity index is 3.20. The summed E-state index contributed by atoms with van der Waals surface area (Å²) >= 11 is 0. The van der Waals surface area contributed by atoms with Gasteiger partial charge in [0.25, 0.3) is 0 Å². The third-order valence-electron chi connectivity index (χ3n) is 1.27. The van der Waals surface area contributed by atoms with Gasteiger partial charge in [-0.25, -0.2) is 0 Å². The first-order chi connectivity index (χ1) is 4.66. The molecular formula is C7H13NO2. The second-order valence-electron chi connectivity index (χ2n) is 2.21. The third-order valence-corrected chi connectivity index (χ3v) is 1.27. The molecule has 0 fully saturated rings. The average molecular weight is 143 g/mol. The van der Waals surface area contributed by atoms with Crippen molar-refractivity contribution in [2.75, 3.05) is 0 Å². The summed E-state index contributed by atoms with van der Waals surface area (Å²) in [5.74, 6) is -0.134. The van der Waals surface area contributed by atoms with Gasteiger partial charge in [-0.05, 0) is 6.42 Å². The maximum atomic E-state index is 10.6. The van der Waals surface area contributed by atoms with E-state index in [0.717, 1.165) is 0 Å². The van der Waals surface area contributed by atoms with Gasteiger partial charge in [0.05, 0.1) is 0 Å². The number of carbonyl (C=O) groups is 2. The molecule has 0 bridgehead atoms. The van der Waals surface area contributed by atoms with Crippen molar-refractivity contribution in [1.82, 2.24) is 0 Å². The minimum absolute atomic E-state index is 0.196. The predicted octanol–water partition coefficient (Wildman–Crippen LogP) is 0.621. The van der Waals surface area contributed by atoms with Crippen molar-refractivity contribution in [1.29, 1.82) is 0 Å². The fourth-order valence-electron chi connectivity index (χ4n) is 0.637. The number of hydrogen-bond donors (Lipinski definition) is 1. The van der Waals surface area contributed by atoms with Gasteiger partial charge in [0.15, 0.2) is 0 Å². The Kier molecular flexibility index (Phi) is 4.54. The standard InChI is InChI=1S/C7H13NO2/c1-2-6(9)4-3-5-7(8)10/h2-5H2,1H3,(H2,8,10). The molecule has 3 nitrogen and oxygen atoms in total. The highest BCUT2D eigenvalue weighted by atomic mass is 16.1. The van der Waals surface area contributed by atoms with Crippen molar-refractivity contribution in [2.24, 2.45) is 5.73 Å². The van der Waals surface area contributed by atoms with Crippen LogP contribution in [0.25, 0.3) is 0 Å². The third kappa shape index (κ3) is 5.28. The smallest absolute Gasteiger partial charge is 0.217 e. The van der Waals surface area contributed by atoms with Gasteiger partial charge >= 0.3 is 0 Å². The molecule has 0 heterocycles. The molecule has 0 aliphatic carbocycles. The molecule has 3 heteroatoms. The first-order valence-electron chi connectivity index (χ1n) is 3.46. The van der Waals surface area contributed by atoms with Crippen LogP contribution in [0.2, 0.25) is 0 Å². The van der Waals surface area contributed by atoms with Crippen LogP contribution in [-0.4, -0.2) is 11.7 Å². The normalized spacial score (nSPS) is 9.30. The summed E-state index contributed by atoms with van der Waals surface area (Å²) in [5, 5.41) is 0. The Bertz CT molecular complexity index is 132. The maximum absolute atomic E-state index is 10.6. The number of primary amides is 1. The molecule has 0 aliphatic rings. The molecule has 0 aromatic heterocycles. The molecule has 0 radical (unpaired) electrons. The van der Waals surface area contributed by atoms with Crippen molar-refractivity contribution in [3.8, 4) is 0 Å². The van der Waals surface area contributed by atoms with Gasteiger partial charge in [0.2, 0.25) is 5.91 Å². The summed E-state index contributed by atoms with van der Waals surface area (Å²) in [6, 6.07) is 0. The molecule has 0 saturated carbocycles. The number of hydrogen-bond acceptors (Lipinski definition) is 2. The van der Waals surface area contributed by atoms with Gasteiger partial charge in [-0.15, -0.1) is 0 Å². The van der Waals surface area contributed by atoms with E-state index in [1.165, 1.54) is 0 Å². The van der Waals surface area contributed by atoms with Crippen molar-refractivity contribution in [3.05, 3.63) is 0 Å². The summed E-state index contributed by atoms with van der Waals surface area (Å²) in [6.45, 7) is 1.81. The Morgan fingerprint density at radius 2 is 1.90 bits per heavy atom. The van der Waals surface area contributed by atoms with Gasteiger partial charge in [-0.3, -0.25) is 9.59 Å². The number of ketones is 1. The minimum Gasteiger partial charge on any atom is -0.370 e. The van der Waals surface area contributed by atoms with Crippen LogP contribution in [-0.2, 0) is 9.59 Å². The lowest BCUT2D eigenvalue weighted by molar-refractivity contribution is -0.119. The maximum Gasteiger partial charge on any atom is 0.217 e. The van der Waals surface area contributed by atoms with Crippen molar-refractivity contribution in [3.63, 3.8) is 0 Å². The summed E-state index contributed by atoms with van der Waals surface area (Å²) in [7, 11) is 0. The predicted molar refractivity (Wildman–Crippen MR) is 38.3 cm³/mol. The number of rotatable bonds is 5. The van der Waals surface area contributed by atoms with Gasteiger partial charge in [0.1, 0.15) is 5.78 Å². The van der Waals surface area contributed by atoms with Crippen LogP contribution in [0, 0.1) is 0 Å². The molecule has 0 atom stereocenters. The fourth-order valence-corrected chi connectivity index (χ4v) is 0.637. The van der Waals surface area contributed by atoms with Crippen LogP contribution in [0.15, 0.2) is 0 Å². The molecule has 0 spiro atoms. The average Bonchev–Trinajstić information content (AvgIpc) is 1.87. The number of nitrogens with two attached hydrogens (primary N) is 1. The van der Waals surface area contributed by atoms with Crippen LogP contribution < -0.4 is 5.73 Å². The number of carbonyl (C=O) groups excluding carboxylic acids is 2. The topological polar surface area (TPSA) is 60.2 Å². The van der Waals surface area contributed by atoms with Crippen LogP contribution in [0.3, 0.4) is 0 Å². The van der Waals surface area contributed by atoms with Crippen molar-refractivity contribution in [2.45, 2.75) is 32.6 Å². The molecule has 0 saturated heterocycles. The van der Waals surface area contributed by atoms with Crippen molar-refractivity contribution < 1.29 is 9.59 Å². The van der Waals surface area contributed by atoms with E-state index >= 15 is 0 Å². The highest BCUT2D eigenvalue weighted by molar-refractivity contribution is 5.79. The molecule has 0 aromatic carbocycles. The lowest BCUT2D eigenvalue weighted by atomic mass is 10.1. The van der Waals surface area contributed by atoms with E-state index in [2.05, 4.69) is 0 Å². The first-order valence-corrected chi connectivity index (χ1v) is 3.46. The van der Waals surface area contributed by atoms with E-state index in [1.807, 2.05) is 6.92 Å². The van der Waals surface area contributed by atoms with Crippen LogP contribution >= 0.6 is 0 Å². The molecular weight excluding hydrogens is 130 g/mol. The summed E-state index contributed by atoms with van der Waals surface area (Å²) in [4.78, 5) is 20.8. The van der Waals surface area contributed by atoms with Gasteiger partial charge in [-0.1, -0.05) is 6.92 Å². The van der Waals surface area contributed by atoms with Gasteiger partial charge < -0.3 is 5.73 Å². The molecule has 2 N–H and O–H groups in total. The summed E-state index contributed by atoms with van der Waals surface area (Å²) in [6.07, 6.45) is 1.96. The SMILES string of the molecule is CCC(=O)CCCC(N)=O. The molecule has 0 rings (SSSR count). The Morgan fingerprint density at radius 3 is 2.30 bits per heavy atom. The molecule has 0 aliphatic heterocycles. The van der Waals surface area contributed by atoms with Gasteiger partial charge in [0, 0.05) is 19.3 Å². The molecule has 10 heavy (non-hydrogen) atoms. The molecule has 0 unspecified atom stereocenters. The fraction of sp³-hybridized carbons (Fsp3) is 0.714. The zero-order valence-corrected chi connectivity index (χ0v) is 6.22. The van der Waals surface area contributed by atoms with Gasteiger partial charge in [-0.2, -0.15) is 0 Å². The zero-order valence-electron chi connectivity index (χ0n) is 6.22. The summed E-state index contributed by atoms with van der Waals surface area (Å²) in [5.41, 5.74) is 4.87. The van der Waals surface area contributed by atoms with E-state index < -0.39 is 0 Å².